The maximum atomic E-state index is 12.2. The van der Waals surface area contributed by atoms with Crippen molar-refractivity contribution < 1.29 is 9.90 Å². The van der Waals surface area contributed by atoms with Gasteiger partial charge in [-0.15, -0.1) is 0 Å². The molecule has 0 unspecified atom stereocenters. The van der Waals surface area contributed by atoms with Gasteiger partial charge >= 0.3 is 5.69 Å². The third-order valence-electron chi connectivity index (χ3n) is 3.25. The molecule has 2 rings (SSSR count). The summed E-state index contributed by atoms with van der Waals surface area (Å²) < 4.78 is 1.89. The fourth-order valence-electron chi connectivity index (χ4n) is 1.92. The lowest BCUT2D eigenvalue weighted by atomic mass is 10.2. The molecule has 128 valence electrons. The summed E-state index contributed by atoms with van der Waals surface area (Å²) in [5.74, 6) is 5.06. The fraction of sp³-hybridized carbons (Fsp3) is 0.118. The number of rotatable bonds is 3. The molecule has 0 spiro atoms. The minimum Gasteiger partial charge on any atom is -0.508 e. The number of aromatic nitrogens is 2. The third-order valence-corrected chi connectivity index (χ3v) is 3.64. The van der Waals surface area contributed by atoms with Crippen LogP contribution in [0.25, 0.3) is 0 Å². The minimum atomic E-state index is -0.729. The van der Waals surface area contributed by atoms with Crippen LogP contribution in [-0.2, 0) is 18.4 Å². The number of hydrogen-bond acceptors (Lipinski definition) is 4. The lowest BCUT2D eigenvalue weighted by Crippen LogP contribution is -2.40. The summed E-state index contributed by atoms with van der Waals surface area (Å²) in [6, 6.07) is 6.20. The second kappa shape index (κ2) is 7.55. The van der Waals surface area contributed by atoms with Crippen molar-refractivity contribution in [2.75, 3.05) is 5.32 Å². The van der Waals surface area contributed by atoms with Crippen molar-refractivity contribution in [1.29, 1.82) is 0 Å². The second-order valence-electron chi connectivity index (χ2n) is 4.94. The molecular weight excluding hydrogens is 346 g/mol. The van der Waals surface area contributed by atoms with E-state index in [0.717, 1.165) is 15.2 Å². The molecule has 0 atom stereocenters. The quantitative estimate of drug-likeness (QED) is 0.487. The molecule has 1 aromatic heterocycles. The number of carbonyl (C=O) groups excluding carboxylic acids is 1. The SMILES string of the molecule is C=CC(=O)Nc1c(Cl)n(CC#Cc2ccc(O)cc2)c(=O)n(C)c1=O. The van der Waals surface area contributed by atoms with E-state index in [9.17, 15) is 19.5 Å². The van der Waals surface area contributed by atoms with E-state index in [0.29, 0.717) is 5.56 Å². The normalized spacial score (nSPS) is 9.84. The van der Waals surface area contributed by atoms with E-state index in [1.165, 1.54) is 19.2 Å². The zero-order valence-corrected chi connectivity index (χ0v) is 14.0. The van der Waals surface area contributed by atoms with E-state index < -0.39 is 17.2 Å². The van der Waals surface area contributed by atoms with Gasteiger partial charge in [0.05, 0.1) is 6.54 Å². The van der Waals surface area contributed by atoms with Crippen LogP contribution in [0.2, 0.25) is 5.15 Å². The molecule has 0 saturated carbocycles. The molecule has 0 bridgehead atoms. The topological polar surface area (TPSA) is 93.3 Å². The number of carbonyl (C=O) groups is 1. The predicted molar refractivity (Wildman–Crippen MR) is 94.8 cm³/mol. The highest BCUT2D eigenvalue weighted by Gasteiger charge is 2.16. The summed E-state index contributed by atoms with van der Waals surface area (Å²) in [5.41, 5.74) is -0.980. The first-order valence-electron chi connectivity index (χ1n) is 7.05. The average Bonchev–Trinajstić information content (AvgIpc) is 2.61. The van der Waals surface area contributed by atoms with Gasteiger partial charge in [0, 0.05) is 12.6 Å². The summed E-state index contributed by atoms with van der Waals surface area (Å²) in [6.45, 7) is 3.20. The highest BCUT2D eigenvalue weighted by Crippen LogP contribution is 2.15. The summed E-state index contributed by atoms with van der Waals surface area (Å²) in [6.07, 6.45) is 0.982. The minimum absolute atomic E-state index is 0.0936. The van der Waals surface area contributed by atoms with Gasteiger partial charge in [0.25, 0.3) is 5.56 Å². The van der Waals surface area contributed by atoms with Crippen molar-refractivity contribution in [2.45, 2.75) is 6.54 Å². The van der Waals surface area contributed by atoms with Crippen molar-refractivity contribution in [1.82, 2.24) is 9.13 Å². The van der Waals surface area contributed by atoms with Crippen LogP contribution in [-0.4, -0.2) is 20.1 Å². The summed E-state index contributed by atoms with van der Waals surface area (Å²) >= 11 is 6.09. The van der Waals surface area contributed by atoms with Crippen LogP contribution in [0.3, 0.4) is 0 Å². The van der Waals surface area contributed by atoms with Crippen LogP contribution in [0.4, 0.5) is 5.69 Å². The molecule has 2 N–H and O–H groups in total. The van der Waals surface area contributed by atoms with Gasteiger partial charge in [-0.05, 0) is 30.3 Å². The first-order valence-corrected chi connectivity index (χ1v) is 7.43. The summed E-state index contributed by atoms with van der Waals surface area (Å²) in [7, 11) is 1.27. The molecule has 7 nitrogen and oxygen atoms in total. The molecule has 0 aliphatic rings. The molecule has 0 aliphatic heterocycles. The van der Waals surface area contributed by atoms with E-state index in [1.54, 1.807) is 12.1 Å². The maximum Gasteiger partial charge on any atom is 0.332 e. The summed E-state index contributed by atoms with van der Waals surface area (Å²) in [4.78, 5) is 35.8. The first kappa shape index (κ1) is 18.1. The van der Waals surface area contributed by atoms with Gasteiger partial charge in [0.2, 0.25) is 5.91 Å². The van der Waals surface area contributed by atoms with Crippen LogP contribution in [0.5, 0.6) is 5.75 Å². The van der Waals surface area contributed by atoms with Gasteiger partial charge in [0.15, 0.2) is 0 Å². The largest absolute Gasteiger partial charge is 0.508 e. The Balaban J connectivity index is 2.43. The number of aromatic hydroxyl groups is 1. The smallest absolute Gasteiger partial charge is 0.332 e. The number of nitrogens with one attached hydrogen (secondary N) is 1. The van der Waals surface area contributed by atoms with Crippen LogP contribution < -0.4 is 16.6 Å². The fourth-order valence-corrected chi connectivity index (χ4v) is 2.18. The van der Waals surface area contributed by atoms with Crippen molar-refractivity contribution in [2.24, 2.45) is 7.05 Å². The van der Waals surface area contributed by atoms with Gasteiger partial charge in [0.1, 0.15) is 16.6 Å². The maximum absolute atomic E-state index is 12.2. The van der Waals surface area contributed by atoms with Crippen molar-refractivity contribution >= 4 is 23.2 Å². The van der Waals surface area contributed by atoms with Crippen LogP contribution in [0.15, 0.2) is 46.5 Å². The van der Waals surface area contributed by atoms with Crippen molar-refractivity contribution in [3.05, 3.63) is 68.5 Å². The standard InChI is InChI=1S/C17H14ClN3O4/c1-3-13(23)19-14-15(18)21(17(25)20(2)16(14)24)10-4-5-11-6-8-12(22)9-7-11/h3,6-9,22H,1,10H2,2H3,(H,19,23). The molecular formula is C17H14ClN3O4. The number of phenols is 1. The lowest BCUT2D eigenvalue weighted by molar-refractivity contribution is -0.111. The Labute approximate surface area is 147 Å². The molecule has 1 amide bonds. The van der Waals surface area contributed by atoms with Gasteiger partial charge in [-0.25, -0.2) is 4.79 Å². The number of hydrogen-bond donors (Lipinski definition) is 2. The molecule has 1 heterocycles. The van der Waals surface area contributed by atoms with Crippen LogP contribution in [0.1, 0.15) is 5.56 Å². The Morgan fingerprint density at radius 1 is 1.36 bits per heavy atom. The lowest BCUT2D eigenvalue weighted by Gasteiger charge is -2.11. The van der Waals surface area contributed by atoms with E-state index in [-0.39, 0.29) is 23.1 Å². The van der Waals surface area contributed by atoms with E-state index in [4.69, 9.17) is 11.6 Å². The number of amides is 1. The molecule has 0 aliphatic carbocycles. The number of anilines is 1. The highest BCUT2D eigenvalue weighted by atomic mass is 35.5. The molecule has 0 fully saturated rings. The number of benzene rings is 1. The van der Waals surface area contributed by atoms with Crippen LogP contribution in [0, 0.1) is 11.8 Å². The molecule has 25 heavy (non-hydrogen) atoms. The van der Waals surface area contributed by atoms with Crippen molar-refractivity contribution in [3.63, 3.8) is 0 Å². The van der Waals surface area contributed by atoms with Gasteiger partial charge in [-0.3, -0.25) is 18.7 Å². The Kier molecular flexibility index (Phi) is 5.47. The summed E-state index contributed by atoms with van der Waals surface area (Å²) in [5, 5.41) is 11.3. The number of nitrogens with zero attached hydrogens (tertiary/aromatic N) is 2. The zero-order valence-electron chi connectivity index (χ0n) is 13.2. The monoisotopic (exact) mass is 359 g/mol. The molecule has 8 heteroatoms. The van der Waals surface area contributed by atoms with E-state index in [2.05, 4.69) is 23.7 Å². The molecule has 1 aromatic carbocycles. The first-order chi connectivity index (χ1) is 11.8. The predicted octanol–water partition coefficient (Wildman–Crippen LogP) is 1.08. The molecule has 0 radical (unpaired) electrons. The number of phenolic OH excluding ortho intramolecular Hbond substituents is 1. The van der Waals surface area contributed by atoms with Gasteiger partial charge < -0.3 is 10.4 Å². The molecule has 2 aromatic rings. The zero-order chi connectivity index (χ0) is 18.6. The Morgan fingerprint density at radius 2 is 2.00 bits per heavy atom. The van der Waals surface area contributed by atoms with E-state index >= 15 is 0 Å². The Hall–Kier alpha value is -3.24. The van der Waals surface area contributed by atoms with Gasteiger partial charge in [-0.1, -0.05) is 30.0 Å². The number of halogens is 1. The van der Waals surface area contributed by atoms with E-state index in [1.807, 2.05) is 0 Å². The van der Waals surface area contributed by atoms with Gasteiger partial charge in [-0.2, -0.15) is 0 Å². The Morgan fingerprint density at radius 3 is 2.60 bits per heavy atom. The third kappa shape index (κ3) is 4.00. The van der Waals surface area contributed by atoms with Crippen molar-refractivity contribution in [3.8, 4) is 17.6 Å². The molecule has 0 saturated heterocycles. The second-order valence-corrected chi connectivity index (χ2v) is 5.30. The Bertz CT molecular complexity index is 1010. The average molecular weight is 360 g/mol. The highest BCUT2D eigenvalue weighted by molar-refractivity contribution is 6.32. The van der Waals surface area contributed by atoms with Crippen LogP contribution >= 0.6 is 11.6 Å².